The highest BCUT2D eigenvalue weighted by molar-refractivity contribution is 7.92. The Morgan fingerprint density at radius 1 is 1.40 bits per heavy atom. The summed E-state index contributed by atoms with van der Waals surface area (Å²) < 4.78 is 25.4. The van der Waals surface area contributed by atoms with Crippen LogP contribution in [-0.2, 0) is 10.0 Å². The molecule has 84 valence electrons. The monoisotopic (exact) mass is 228 g/mol. The summed E-state index contributed by atoms with van der Waals surface area (Å²) in [6.45, 7) is 3.67. The van der Waals surface area contributed by atoms with Crippen LogP contribution >= 0.6 is 0 Å². The molecule has 5 heteroatoms. The van der Waals surface area contributed by atoms with Crippen molar-refractivity contribution in [2.75, 3.05) is 16.2 Å². The summed E-state index contributed by atoms with van der Waals surface area (Å²) in [5.41, 5.74) is 7.73. The molecule has 1 rings (SSSR count). The standard InChI is InChI=1S/C10H16N2O2S/c1-3-6-15(13,14)12-9-4-5-10(11)8(2)7-9/h4-5,7,12H,3,6,11H2,1-2H3. The van der Waals surface area contributed by atoms with Crippen LogP contribution in [0, 0.1) is 6.92 Å². The number of hydrogen-bond acceptors (Lipinski definition) is 3. The number of benzene rings is 1. The van der Waals surface area contributed by atoms with Gasteiger partial charge in [-0.3, -0.25) is 4.72 Å². The average Bonchev–Trinajstić information content (AvgIpc) is 2.10. The van der Waals surface area contributed by atoms with Gasteiger partial charge in [-0.1, -0.05) is 6.92 Å². The molecule has 0 aliphatic rings. The Kier molecular flexibility index (Phi) is 3.57. The first-order valence-corrected chi connectivity index (χ1v) is 6.46. The van der Waals surface area contributed by atoms with Gasteiger partial charge in [0.05, 0.1) is 5.75 Å². The number of nitrogens with one attached hydrogen (secondary N) is 1. The van der Waals surface area contributed by atoms with Gasteiger partial charge in [0.25, 0.3) is 0 Å². The maximum absolute atomic E-state index is 11.5. The number of nitrogen functional groups attached to an aromatic ring is 1. The molecule has 0 unspecified atom stereocenters. The SMILES string of the molecule is CCCS(=O)(=O)Nc1ccc(N)c(C)c1. The van der Waals surface area contributed by atoms with Gasteiger partial charge in [0.15, 0.2) is 0 Å². The predicted molar refractivity (Wildman–Crippen MR) is 63.3 cm³/mol. The highest BCUT2D eigenvalue weighted by Crippen LogP contribution is 2.17. The summed E-state index contributed by atoms with van der Waals surface area (Å²) in [7, 11) is -3.21. The van der Waals surface area contributed by atoms with Crippen molar-refractivity contribution in [1.29, 1.82) is 0 Å². The van der Waals surface area contributed by atoms with Crippen molar-refractivity contribution in [2.45, 2.75) is 20.3 Å². The molecule has 15 heavy (non-hydrogen) atoms. The fraction of sp³-hybridized carbons (Fsp3) is 0.400. The first-order chi connectivity index (χ1) is 6.94. The smallest absolute Gasteiger partial charge is 0.232 e. The van der Waals surface area contributed by atoms with Crippen LogP contribution in [0.2, 0.25) is 0 Å². The maximum atomic E-state index is 11.5. The molecule has 0 saturated carbocycles. The topological polar surface area (TPSA) is 72.2 Å². The Morgan fingerprint density at radius 2 is 2.07 bits per heavy atom. The van der Waals surface area contributed by atoms with Crippen molar-refractivity contribution in [1.82, 2.24) is 0 Å². The van der Waals surface area contributed by atoms with Crippen LogP contribution in [0.4, 0.5) is 11.4 Å². The third-order valence-corrected chi connectivity index (χ3v) is 3.51. The van der Waals surface area contributed by atoms with E-state index in [0.29, 0.717) is 17.8 Å². The Hall–Kier alpha value is -1.23. The van der Waals surface area contributed by atoms with Crippen molar-refractivity contribution in [3.8, 4) is 0 Å². The van der Waals surface area contributed by atoms with Crippen molar-refractivity contribution in [2.24, 2.45) is 0 Å². The molecule has 0 aliphatic heterocycles. The number of anilines is 2. The van der Waals surface area contributed by atoms with Crippen LogP contribution in [0.3, 0.4) is 0 Å². The zero-order chi connectivity index (χ0) is 11.5. The summed E-state index contributed by atoms with van der Waals surface area (Å²) in [5, 5.41) is 0. The van der Waals surface area contributed by atoms with Crippen LogP contribution in [0.15, 0.2) is 18.2 Å². The van der Waals surface area contributed by atoms with Crippen molar-refractivity contribution < 1.29 is 8.42 Å². The van der Waals surface area contributed by atoms with Crippen LogP contribution in [0.5, 0.6) is 0 Å². The predicted octanol–water partition coefficient (Wildman–Crippen LogP) is 1.73. The Bertz CT molecular complexity index is 441. The first-order valence-electron chi connectivity index (χ1n) is 4.81. The Balaban J connectivity index is 2.86. The lowest BCUT2D eigenvalue weighted by molar-refractivity contribution is 0.600. The second kappa shape index (κ2) is 4.53. The van der Waals surface area contributed by atoms with E-state index in [1.54, 1.807) is 18.2 Å². The first kappa shape index (κ1) is 11.8. The molecule has 0 bridgehead atoms. The molecule has 0 spiro atoms. The minimum atomic E-state index is -3.21. The molecular weight excluding hydrogens is 212 g/mol. The lowest BCUT2D eigenvalue weighted by atomic mass is 10.2. The molecule has 0 saturated heterocycles. The summed E-state index contributed by atoms with van der Waals surface area (Å²) in [6.07, 6.45) is 0.600. The van der Waals surface area contributed by atoms with E-state index in [1.807, 2.05) is 13.8 Å². The van der Waals surface area contributed by atoms with E-state index >= 15 is 0 Å². The fourth-order valence-electron chi connectivity index (χ4n) is 1.24. The number of hydrogen-bond donors (Lipinski definition) is 2. The van der Waals surface area contributed by atoms with Crippen molar-refractivity contribution in [3.05, 3.63) is 23.8 Å². The number of aryl methyl sites for hydroxylation is 1. The van der Waals surface area contributed by atoms with E-state index < -0.39 is 10.0 Å². The normalized spacial score (nSPS) is 11.3. The molecule has 0 aromatic heterocycles. The zero-order valence-electron chi connectivity index (χ0n) is 8.95. The van der Waals surface area contributed by atoms with Crippen LogP contribution in [-0.4, -0.2) is 14.2 Å². The van der Waals surface area contributed by atoms with E-state index in [0.717, 1.165) is 5.56 Å². The van der Waals surface area contributed by atoms with Gasteiger partial charge in [-0.2, -0.15) is 0 Å². The molecule has 0 aliphatic carbocycles. The zero-order valence-corrected chi connectivity index (χ0v) is 9.76. The van der Waals surface area contributed by atoms with E-state index in [1.165, 1.54) is 0 Å². The third kappa shape index (κ3) is 3.43. The van der Waals surface area contributed by atoms with Crippen molar-refractivity contribution >= 4 is 21.4 Å². The maximum Gasteiger partial charge on any atom is 0.232 e. The van der Waals surface area contributed by atoms with Gasteiger partial charge < -0.3 is 5.73 Å². The van der Waals surface area contributed by atoms with Gasteiger partial charge in [-0.05, 0) is 37.1 Å². The second-order valence-electron chi connectivity index (χ2n) is 3.49. The summed E-state index contributed by atoms with van der Waals surface area (Å²) in [5.74, 6) is 0.135. The average molecular weight is 228 g/mol. The fourth-order valence-corrected chi connectivity index (χ4v) is 2.36. The van der Waals surface area contributed by atoms with Gasteiger partial charge in [0.1, 0.15) is 0 Å². The van der Waals surface area contributed by atoms with Crippen LogP contribution in [0.25, 0.3) is 0 Å². The molecule has 1 aromatic carbocycles. The molecule has 0 fully saturated rings. The molecule has 0 heterocycles. The second-order valence-corrected chi connectivity index (χ2v) is 5.33. The van der Waals surface area contributed by atoms with E-state index in [9.17, 15) is 8.42 Å². The van der Waals surface area contributed by atoms with E-state index in [2.05, 4.69) is 4.72 Å². The minimum absolute atomic E-state index is 0.135. The molecule has 4 nitrogen and oxygen atoms in total. The Morgan fingerprint density at radius 3 is 2.60 bits per heavy atom. The minimum Gasteiger partial charge on any atom is -0.399 e. The molecule has 3 N–H and O–H groups in total. The molecule has 0 atom stereocenters. The van der Waals surface area contributed by atoms with E-state index in [-0.39, 0.29) is 5.75 Å². The highest BCUT2D eigenvalue weighted by Gasteiger charge is 2.08. The van der Waals surface area contributed by atoms with Gasteiger partial charge in [0, 0.05) is 11.4 Å². The van der Waals surface area contributed by atoms with Gasteiger partial charge >= 0.3 is 0 Å². The lowest BCUT2D eigenvalue weighted by Crippen LogP contribution is -2.16. The highest BCUT2D eigenvalue weighted by atomic mass is 32.2. The lowest BCUT2D eigenvalue weighted by Gasteiger charge is -2.08. The number of sulfonamides is 1. The van der Waals surface area contributed by atoms with Crippen LogP contribution in [0.1, 0.15) is 18.9 Å². The van der Waals surface area contributed by atoms with Crippen molar-refractivity contribution in [3.63, 3.8) is 0 Å². The van der Waals surface area contributed by atoms with Gasteiger partial charge in [-0.25, -0.2) is 8.42 Å². The molecule has 1 aromatic rings. The summed E-state index contributed by atoms with van der Waals surface area (Å²) in [4.78, 5) is 0. The van der Waals surface area contributed by atoms with Crippen LogP contribution < -0.4 is 10.5 Å². The number of nitrogens with two attached hydrogens (primary N) is 1. The summed E-state index contributed by atoms with van der Waals surface area (Å²) >= 11 is 0. The van der Waals surface area contributed by atoms with E-state index in [4.69, 9.17) is 5.73 Å². The van der Waals surface area contributed by atoms with Gasteiger partial charge in [-0.15, -0.1) is 0 Å². The van der Waals surface area contributed by atoms with Gasteiger partial charge in [0.2, 0.25) is 10.0 Å². The molecule has 0 radical (unpaired) electrons. The Labute approximate surface area is 90.5 Å². The largest absolute Gasteiger partial charge is 0.399 e. The quantitative estimate of drug-likeness (QED) is 0.771. The third-order valence-electron chi connectivity index (χ3n) is 2.02. The number of rotatable bonds is 4. The molecule has 0 amide bonds. The molecular formula is C10H16N2O2S. The summed E-state index contributed by atoms with van der Waals surface area (Å²) in [6, 6.07) is 5.08.